The largest absolute Gasteiger partial charge is 0.495 e. The molecule has 0 saturated heterocycles. The minimum absolute atomic E-state index is 0.269. The van der Waals surface area contributed by atoms with Crippen LogP contribution < -0.4 is 4.74 Å². The zero-order valence-corrected chi connectivity index (χ0v) is 10.5. The van der Waals surface area contributed by atoms with Crippen LogP contribution in [0, 0.1) is 8.96 Å². The summed E-state index contributed by atoms with van der Waals surface area (Å²) in [5.41, 5.74) is -0.269. The van der Waals surface area contributed by atoms with Crippen LogP contribution in [0.25, 0.3) is 4.98 Å². The predicted molar refractivity (Wildman–Crippen MR) is 60.3 cm³/mol. The number of diazo groups is 1. The first-order chi connectivity index (χ1) is 6.90. The van der Waals surface area contributed by atoms with Crippen molar-refractivity contribution in [3.05, 3.63) is 20.7 Å². The van der Waals surface area contributed by atoms with Gasteiger partial charge in [-0.25, -0.2) is 0 Å². The highest BCUT2D eigenvalue weighted by molar-refractivity contribution is 14.1. The van der Waals surface area contributed by atoms with Gasteiger partial charge in [0.1, 0.15) is 5.75 Å². The average molecular weight is 341 g/mol. The van der Waals surface area contributed by atoms with Gasteiger partial charge in [-0.2, -0.15) is 8.42 Å². The first kappa shape index (κ1) is 12.2. The van der Waals surface area contributed by atoms with E-state index in [-0.39, 0.29) is 5.69 Å². The summed E-state index contributed by atoms with van der Waals surface area (Å²) in [4.78, 5) is 2.30. The van der Waals surface area contributed by atoms with Crippen LogP contribution in [0.15, 0.2) is 17.0 Å². The SMILES string of the molecule is COc1cc([N+]#N)c(S(=O)(=O)O)cc1I. The predicted octanol–water partition coefficient (Wildman–Crippen LogP) is 2.03. The van der Waals surface area contributed by atoms with E-state index in [0.717, 1.165) is 6.07 Å². The Balaban J connectivity index is 3.57. The lowest BCUT2D eigenvalue weighted by molar-refractivity contribution is 0.411. The first-order valence-corrected chi connectivity index (χ1v) is 6.12. The molecule has 1 aromatic rings. The minimum atomic E-state index is -4.41. The van der Waals surface area contributed by atoms with E-state index < -0.39 is 15.0 Å². The van der Waals surface area contributed by atoms with Gasteiger partial charge < -0.3 is 4.74 Å². The Morgan fingerprint density at radius 3 is 2.53 bits per heavy atom. The third-order valence-electron chi connectivity index (χ3n) is 1.62. The molecule has 0 aliphatic carbocycles. The molecule has 0 heterocycles. The topological polar surface area (TPSA) is 91.8 Å². The average Bonchev–Trinajstić information content (AvgIpc) is 2.16. The third-order valence-corrected chi connectivity index (χ3v) is 3.34. The molecular formula is C7H6IN2O4S+. The molecular weight excluding hydrogens is 335 g/mol. The van der Waals surface area contributed by atoms with Crippen LogP contribution in [0.3, 0.4) is 0 Å². The molecule has 0 aromatic heterocycles. The van der Waals surface area contributed by atoms with Crippen LogP contribution in [-0.2, 0) is 10.1 Å². The number of ether oxygens (including phenoxy) is 1. The van der Waals surface area contributed by atoms with Gasteiger partial charge in [-0.15, -0.1) is 0 Å². The zero-order chi connectivity index (χ0) is 11.6. The highest BCUT2D eigenvalue weighted by atomic mass is 127. The van der Waals surface area contributed by atoms with Crippen molar-refractivity contribution in [2.75, 3.05) is 7.11 Å². The Kier molecular flexibility index (Phi) is 3.48. The summed E-state index contributed by atoms with van der Waals surface area (Å²) < 4.78 is 36.0. The highest BCUT2D eigenvalue weighted by Gasteiger charge is 2.27. The van der Waals surface area contributed by atoms with Crippen molar-refractivity contribution in [3.8, 4) is 5.75 Å². The van der Waals surface area contributed by atoms with Gasteiger partial charge in [0.15, 0.2) is 9.87 Å². The summed E-state index contributed by atoms with van der Waals surface area (Å²) in [5.74, 6) is 0.357. The fraction of sp³-hybridized carbons (Fsp3) is 0.143. The second-order valence-corrected chi connectivity index (χ2v) is 5.08. The first-order valence-electron chi connectivity index (χ1n) is 3.60. The van der Waals surface area contributed by atoms with E-state index >= 15 is 0 Å². The molecule has 0 saturated carbocycles. The van der Waals surface area contributed by atoms with Crippen LogP contribution in [0.5, 0.6) is 5.75 Å². The van der Waals surface area contributed by atoms with Crippen LogP contribution in [0.1, 0.15) is 0 Å². The van der Waals surface area contributed by atoms with Crippen molar-refractivity contribution in [3.63, 3.8) is 0 Å². The van der Waals surface area contributed by atoms with Gasteiger partial charge in [-0.3, -0.25) is 4.55 Å². The van der Waals surface area contributed by atoms with Gasteiger partial charge in [0.2, 0.25) is 5.39 Å². The van der Waals surface area contributed by atoms with Crippen molar-refractivity contribution >= 4 is 38.4 Å². The second-order valence-electron chi connectivity index (χ2n) is 2.53. The van der Waals surface area contributed by atoms with Crippen LogP contribution in [0.4, 0.5) is 5.69 Å². The number of rotatable bonds is 2. The molecule has 0 aliphatic heterocycles. The van der Waals surface area contributed by atoms with Gasteiger partial charge in [0, 0.05) is 0 Å². The van der Waals surface area contributed by atoms with E-state index in [1.54, 1.807) is 0 Å². The molecule has 0 spiro atoms. The van der Waals surface area contributed by atoms with Gasteiger partial charge in [-0.1, -0.05) is 0 Å². The molecule has 0 fully saturated rings. The Bertz CT molecular complexity index is 535. The maximum atomic E-state index is 10.9. The van der Waals surface area contributed by atoms with Gasteiger partial charge in [0.05, 0.1) is 16.7 Å². The van der Waals surface area contributed by atoms with E-state index in [4.69, 9.17) is 14.7 Å². The van der Waals surface area contributed by atoms with E-state index in [9.17, 15) is 8.42 Å². The van der Waals surface area contributed by atoms with Crippen molar-refractivity contribution in [2.24, 2.45) is 0 Å². The molecule has 0 amide bonds. The number of methoxy groups -OCH3 is 1. The fourth-order valence-corrected chi connectivity index (χ4v) is 2.50. The normalized spacial score (nSPS) is 10.8. The van der Waals surface area contributed by atoms with Crippen molar-refractivity contribution in [1.82, 2.24) is 0 Å². The fourth-order valence-electron chi connectivity index (χ4n) is 0.966. The monoisotopic (exact) mass is 341 g/mol. The lowest BCUT2D eigenvalue weighted by Gasteiger charge is -2.01. The Morgan fingerprint density at radius 2 is 2.13 bits per heavy atom. The van der Waals surface area contributed by atoms with Gasteiger partial charge in [-0.05, 0) is 28.7 Å². The van der Waals surface area contributed by atoms with E-state index in [0.29, 0.717) is 9.32 Å². The van der Waals surface area contributed by atoms with Crippen molar-refractivity contribution < 1.29 is 17.7 Å². The lowest BCUT2D eigenvalue weighted by Crippen LogP contribution is -1.99. The smallest absolute Gasteiger partial charge is 0.409 e. The summed E-state index contributed by atoms with van der Waals surface area (Å²) in [6.45, 7) is 0. The summed E-state index contributed by atoms with van der Waals surface area (Å²) >= 11 is 1.84. The van der Waals surface area contributed by atoms with Crippen LogP contribution in [0.2, 0.25) is 0 Å². The molecule has 8 heteroatoms. The summed E-state index contributed by atoms with van der Waals surface area (Å²) in [5, 5.41) is 8.58. The number of benzene rings is 1. The molecule has 15 heavy (non-hydrogen) atoms. The molecule has 0 unspecified atom stereocenters. The summed E-state index contributed by atoms with van der Waals surface area (Å²) in [7, 11) is -3.01. The van der Waals surface area contributed by atoms with Crippen molar-refractivity contribution in [1.29, 1.82) is 5.39 Å². The maximum absolute atomic E-state index is 10.9. The molecule has 0 aliphatic rings. The van der Waals surface area contributed by atoms with Gasteiger partial charge in [0.25, 0.3) is 0 Å². The summed E-state index contributed by atoms with van der Waals surface area (Å²) in [6.07, 6.45) is 0. The molecule has 1 N–H and O–H groups in total. The molecule has 0 atom stereocenters. The molecule has 6 nitrogen and oxygen atoms in total. The minimum Gasteiger partial charge on any atom is -0.495 e. The quantitative estimate of drug-likeness (QED) is 0.505. The van der Waals surface area contributed by atoms with E-state index in [1.165, 1.54) is 13.2 Å². The van der Waals surface area contributed by atoms with E-state index in [1.807, 2.05) is 22.6 Å². The second kappa shape index (κ2) is 4.30. The highest BCUT2D eigenvalue weighted by Crippen LogP contribution is 2.32. The number of halogens is 1. The lowest BCUT2D eigenvalue weighted by atomic mass is 10.3. The number of hydrogen-bond acceptors (Lipinski definition) is 4. The Hall–Kier alpha value is -0.920. The van der Waals surface area contributed by atoms with E-state index in [2.05, 4.69) is 4.98 Å². The zero-order valence-electron chi connectivity index (χ0n) is 7.51. The molecule has 0 radical (unpaired) electrons. The van der Waals surface area contributed by atoms with Crippen molar-refractivity contribution in [2.45, 2.75) is 4.90 Å². The molecule has 0 bridgehead atoms. The Morgan fingerprint density at radius 1 is 1.53 bits per heavy atom. The molecule has 80 valence electrons. The number of hydrogen-bond donors (Lipinski definition) is 1. The van der Waals surface area contributed by atoms with Crippen LogP contribution in [-0.4, -0.2) is 20.1 Å². The third kappa shape index (κ3) is 2.55. The standard InChI is InChI=1S/C7H5IN2O4S/c1-14-6-3-5(10-9)7(2-4(6)8)15(11,12)13/h2-3H,1H3/p+1. The Labute approximate surface area is 99.8 Å². The van der Waals surface area contributed by atoms with Crippen LogP contribution >= 0.6 is 22.6 Å². The molecule has 1 aromatic carbocycles. The van der Waals surface area contributed by atoms with Gasteiger partial charge >= 0.3 is 15.8 Å². The maximum Gasteiger partial charge on any atom is 0.409 e. The summed E-state index contributed by atoms with van der Waals surface area (Å²) in [6, 6.07) is 2.37. The number of nitrogens with zero attached hydrogens (tertiary/aromatic N) is 2. The molecule has 1 rings (SSSR count).